The number of amides is 3. The summed E-state index contributed by atoms with van der Waals surface area (Å²) in [6, 6.07) is 13.0. The van der Waals surface area contributed by atoms with Crippen molar-refractivity contribution < 1.29 is 14.4 Å². The van der Waals surface area contributed by atoms with Crippen LogP contribution in [0, 0.1) is 11.3 Å². The summed E-state index contributed by atoms with van der Waals surface area (Å²) in [6.45, 7) is 2.41. The molecule has 0 saturated carbocycles. The summed E-state index contributed by atoms with van der Waals surface area (Å²) >= 11 is 1.58. The normalized spacial score (nSPS) is 15.2. The van der Waals surface area contributed by atoms with Gasteiger partial charge in [-0.3, -0.25) is 24.7 Å². The third-order valence-electron chi connectivity index (χ3n) is 7.14. The molecular formula is C29H30N8O3S. The fourth-order valence-electron chi connectivity index (χ4n) is 4.97. The maximum Gasteiger partial charge on any atom is 0.328 e. The van der Waals surface area contributed by atoms with Gasteiger partial charge < -0.3 is 10.2 Å². The Morgan fingerprint density at radius 2 is 2.02 bits per heavy atom. The Morgan fingerprint density at radius 1 is 1.20 bits per heavy atom. The topological polar surface area (TPSA) is 135 Å². The van der Waals surface area contributed by atoms with E-state index in [1.165, 1.54) is 11.1 Å². The highest BCUT2D eigenvalue weighted by Gasteiger charge is 2.28. The number of fused-ring (bicyclic) bond motifs is 1. The Labute approximate surface area is 242 Å². The Balaban J connectivity index is 1.37. The highest BCUT2D eigenvalue weighted by molar-refractivity contribution is 7.98. The molecule has 4 heterocycles. The molecule has 2 aromatic heterocycles. The van der Waals surface area contributed by atoms with Gasteiger partial charge in [-0.2, -0.15) is 5.26 Å². The molecular weight excluding hydrogens is 540 g/mol. The number of benzene rings is 1. The first-order valence-corrected chi connectivity index (χ1v) is 14.5. The van der Waals surface area contributed by atoms with Crippen molar-refractivity contribution in [1.29, 1.82) is 5.26 Å². The van der Waals surface area contributed by atoms with Crippen LogP contribution < -0.4 is 15.5 Å². The summed E-state index contributed by atoms with van der Waals surface area (Å²) in [5.41, 5.74) is 3.43. The number of para-hydroxylation sites is 1. The van der Waals surface area contributed by atoms with Gasteiger partial charge in [-0.1, -0.05) is 12.1 Å². The number of nitrogens with zero attached hydrogens (tertiary/aromatic N) is 6. The van der Waals surface area contributed by atoms with E-state index in [4.69, 9.17) is 0 Å². The number of aromatic nitrogens is 2. The summed E-state index contributed by atoms with van der Waals surface area (Å²) in [5.74, 6) is 0.700. The molecule has 0 atom stereocenters. The van der Waals surface area contributed by atoms with Crippen LogP contribution >= 0.6 is 11.8 Å². The first-order chi connectivity index (χ1) is 19.9. The largest absolute Gasteiger partial charge is 0.353 e. The second kappa shape index (κ2) is 12.4. The van der Waals surface area contributed by atoms with Gasteiger partial charge >= 0.3 is 6.03 Å². The average molecular weight is 571 g/mol. The molecule has 5 rings (SSSR count). The molecule has 0 aliphatic carbocycles. The smallest absolute Gasteiger partial charge is 0.328 e. The molecule has 41 heavy (non-hydrogen) atoms. The van der Waals surface area contributed by atoms with Gasteiger partial charge in [0.25, 0.3) is 0 Å². The van der Waals surface area contributed by atoms with Crippen molar-refractivity contribution in [2.24, 2.45) is 0 Å². The molecule has 1 aromatic carbocycles. The van der Waals surface area contributed by atoms with Crippen molar-refractivity contribution >= 4 is 53.0 Å². The molecule has 0 bridgehead atoms. The number of rotatable bonds is 7. The second-order valence-corrected chi connectivity index (χ2v) is 10.8. The third-order valence-corrected chi connectivity index (χ3v) is 7.93. The number of urea groups is 1. The number of carbonyl (C=O) groups excluding carboxylic acids is 3. The number of pyridine rings is 2. The zero-order valence-electron chi connectivity index (χ0n) is 22.9. The number of carbonyl (C=O) groups is 3. The Hall–Kier alpha value is -4.47. The van der Waals surface area contributed by atoms with Crippen LogP contribution in [0.5, 0.6) is 0 Å². The lowest BCUT2D eigenvalue weighted by Crippen LogP contribution is -2.48. The first-order valence-electron chi connectivity index (χ1n) is 13.2. The van der Waals surface area contributed by atoms with E-state index in [9.17, 15) is 19.6 Å². The maximum atomic E-state index is 13.4. The highest BCUT2D eigenvalue weighted by Crippen LogP contribution is 2.31. The van der Waals surface area contributed by atoms with Crippen LogP contribution in [0.25, 0.3) is 0 Å². The van der Waals surface area contributed by atoms with Crippen molar-refractivity contribution in [3.05, 3.63) is 65.0 Å². The average Bonchev–Trinajstić information content (AvgIpc) is 2.98. The second-order valence-electron chi connectivity index (χ2n) is 9.92. The van der Waals surface area contributed by atoms with Gasteiger partial charge in [0.2, 0.25) is 5.91 Å². The fourth-order valence-corrected chi connectivity index (χ4v) is 5.52. The highest BCUT2D eigenvalue weighted by atomic mass is 32.2. The Kier molecular flexibility index (Phi) is 8.47. The van der Waals surface area contributed by atoms with Crippen LogP contribution in [0.1, 0.15) is 33.6 Å². The Bertz CT molecular complexity index is 1540. The summed E-state index contributed by atoms with van der Waals surface area (Å²) < 4.78 is 0. The lowest BCUT2D eigenvalue weighted by Gasteiger charge is -2.33. The van der Waals surface area contributed by atoms with Gasteiger partial charge in [-0.05, 0) is 49.9 Å². The van der Waals surface area contributed by atoms with E-state index in [1.807, 2.05) is 48.5 Å². The minimum Gasteiger partial charge on any atom is -0.353 e. The fraction of sp³-hybridized carbons (Fsp3) is 0.310. The first kappa shape index (κ1) is 28.1. The summed E-state index contributed by atoms with van der Waals surface area (Å²) in [5, 5.41) is 15.7. The minimum absolute atomic E-state index is 0.00929. The number of nitriles is 1. The van der Waals surface area contributed by atoms with Gasteiger partial charge in [-0.15, -0.1) is 11.8 Å². The predicted octanol–water partition coefficient (Wildman–Crippen LogP) is 3.88. The SMILES string of the molecule is CSc1ccccc1Nc1cc(NC(=O)N2CCCc3cc(CN4CCN(C)CC4=O)c(C=O)nc32)ncc1C#N. The van der Waals surface area contributed by atoms with E-state index >= 15 is 0 Å². The quantitative estimate of drug-likeness (QED) is 0.320. The van der Waals surface area contributed by atoms with Gasteiger partial charge in [0.15, 0.2) is 6.29 Å². The third kappa shape index (κ3) is 6.16. The number of aldehydes is 1. The van der Waals surface area contributed by atoms with Gasteiger partial charge in [0, 0.05) is 48.9 Å². The molecule has 11 nitrogen and oxygen atoms in total. The molecule has 2 N–H and O–H groups in total. The molecule has 0 spiro atoms. The van der Waals surface area contributed by atoms with Crippen LogP contribution in [-0.2, 0) is 17.8 Å². The van der Waals surface area contributed by atoms with Crippen molar-refractivity contribution in [3.8, 4) is 6.07 Å². The molecule has 2 aliphatic rings. The molecule has 1 fully saturated rings. The van der Waals surface area contributed by atoms with Gasteiger partial charge in [0.1, 0.15) is 23.4 Å². The van der Waals surface area contributed by atoms with E-state index in [-0.39, 0.29) is 17.4 Å². The van der Waals surface area contributed by atoms with Gasteiger partial charge in [0.05, 0.1) is 23.5 Å². The van der Waals surface area contributed by atoms with E-state index in [0.717, 1.165) is 22.7 Å². The van der Waals surface area contributed by atoms with Crippen molar-refractivity contribution in [2.75, 3.05) is 55.0 Å². The number of nitrogens with one attached hydrogen (secondary N) is 2. The van der Waals surface area contributed by atoms with E-state index in [2.05, 4.69) is 26.7 Å². The summed E-state index contributed by atoms with van der Waals surface area (Å²) in [6.07, 6.45) is 5.48. The van der Waals surface area contributed by atoms with Crippen LogP contribution in [0.15, 0.2) is 47.5 Å². The molecule has 0 radical (unpaired) electrons. The van der Waals surface area contributed by atoms with Crippen molar-refractivity contribution in [3.63, 3.8) is 0 Å². The van der Waals surface area contributed by atoms with E-state index < -0.39 is 6.03 Å². The number of hydrogen-bond acceptors (Lipinski definition) is 9. The summed E-state index contributed by atoms with van der Waals surface area (Å²) in [4.78, 5) is 53.0. The Morgan fingerprint density at radius 3 is 2.78 bits per heavy atom. The number of likely N-dealkylation sites (N-methyl/N-ethyl adjacent to an activating group) is 1. The number of aryl methyl sites for hydroxylation is 1. The maximum absolute atomic E-state index is 13.4. The molecule has 1 saturated heterocycles. The van der Waals surface area contributed by atoms with Crippen LogP contribution in [-0.4, -0.2) is 77.5 Å². The minimum atomic E-state index is -0.440. The van der Waals surface area contributed by atoms with E-state index in [1.54, 1.807) is 22.7 Å². The molecule has 210 valence electrons. The standard InChI is InChI=1S/C29H30N8O3S/c1-35-10-11-36(27(39)17-35)16-20-12-19-6-5-9-37(28(19)33-24(20)18-38)29(40)34-26-13-23(21(14-30)15-31-26)32-22-7-3-4-8-25(22)41-2/h3-4,7-8,12-13,15,18H,5-6,9-11,16-17H2,1-2H3,(H2,31,32,34,40). The monoisotopic (exact) mass is 570 g/mol. The van der Waals surface area contributed by atoms with Crippen LogP contribution in [0.4, 0.5) is 27.8 Å². The number of thioether (sulfide) groups is 1. The summed E-state index contributed by atoms with van der Waals surface area (Å²) in [7, 11) is 1.90. The lowest BCUT2D eigenvalue weighted by molar-refractivity contribution is -0.136. The number of hydrogen-bond donors (Lipinski definition) is 2. The molecule has 2 aliphatic heterocycles. The van der Waals surface area contributed by atoms with Crippen molar-refractivity contribution in [2.45, 2.75) is 24.3 Å². The molecule has 3 amide bonds. The van der Waals surface area contributed by atoms with Crippen molar-refractivity contribution in [1.82, 2.24) is 19.8 Å². The number of anilines is 4. The van der Waals surface area contributed by atoms with E-state index in [0.29, 0.717) is 67.9 Å². The lowest BCUT2D eigenvalue weighted by atomic mass is 10.0. The zero-order chi connectivity index (χ0) is 28.9. The molecule has 3 aromatic rings. The predicted molar refractivity (Wildman–Crippen MR) is 158 cm³/mol. The molecule has 0 unspecified atom stereocenters. The molecule has 12 heteroatoms. The van der Waals surface area contributed by atoms with Crippen LogP contribution in [0.3, 0.4) is 0 Å². The zero-order valence-corrected chi connectivity index (χ0v) is 23.7. The van der Waals surface area contributed by atoms with Gasteiger partial charge in [-0.25, -0.2) is 14.8 Å². The van der Waals surface area contributed by atoms with Crippen LogP contribution in [0.2, 0.25) is 0 Å². The number of piperazine rings is 1.